The molecule has 7 heteroatoms. The quantitative estimate of drug-likeness (QED) is 0.290. The smallest absolute Gasteiger partial charge is 0.235 e. The Kier molecular flexibility index (Phi) is 7.16. The molecule has 104 valence electrons. The van der Waals surface area contributed by atoms with E-state index in [0.717, 1.165) is 5.56 Å². The lowest BCUT2D eigenvalue weighted by Crippen LogP contribution is -2.33. The van der Waals surface area contributed by atoms with Gasteiger partial charge in [0.05, 0.1) is 12.3 Å². The minimum Gasteiger partial charge on any atom is -0.351 e. The minimum absolute atomic E-state index is 0.177. The fraction of sp³-hybridized carbons (Fsp3) is 0.250. The van der Waals surface area contributed by atoms with Crippen molar-refractivity contribution < 1.29 is 9.84 Å². The predicted molar refractivity (Wildman–Crippen MR) is 90.0 cm³/mol. The van der Waals surface area contributed by atoms with E-state index >= 15 is 0 Å². The van der Waals surface area contributed by atoms with Crippen molar-refractivity contribution in [1.29, 1.82) is 5.41 Å². The first kappa shape index (κ1) is 16.8. The number of aliphatic hydroxyl groups excluding tert-OH is 1. The van der Waals surface area contributed by atoms with Crippen LogP contribution in [0.1, 0.15) is 12.5 Å². The number of allylic oxidation sites excluding steroid dienone is 1. The van der Waals surface area contributed by atoms with E-state index in [2.05, 4.69) is 17.9 Å². The van der Waals surface area contributed by atoms with Crippen molar-refractivity contribution in [2.75, 3.05) is 0 Å². The Labute approximate surface area is 136 Å². The van der Waals surface area contributed by atoms with E-state index in [0.29, 0.717) is 19.3 Å². The molecule has 1 unspecified atom stereocenters. The van der Waals surface area contributed by atoms with Gasteiger partial charge in [0.25, 0.3) is 0 Å². The fourth-order valence-electron chi connectivity index (χ4n) is 1.29. The third-order valence-corrected chi connectivity index (χ3v) is 3.37. The van der Waals surface area contributed by atoms with Crippen LogP contribution in [0.5, 0.6) is 0 Å². The first-order valence-corrected chi connectivity index (χ1v) is 7.34. The highest BCUT2D eigenvalue weighted by Crippen LogP contribution is 2.16. The fourth-order valence-corrected chi connectivity index (χ4v) is 2.30. The van der Waals surface area contributed by atoms with Gasteiger partial charge in [0.1, 0.15) is 5.70 Å². The molecule has 0 saturated carbocycles. The van der Waals surface area contributed by atoms with Crippen molar-refractivity contribution in [2.24, 2.45) is 0 Å². The molecule has 0 saturated heterocycles. The van der Waals surface area contributed by atoms with Gasteiger partial charge in [-0.15, -0.1) is 0 Å². The number of ether oxygens (including phenoxy) is 1. The molecule has 0 fully saturated rings. The summed E-state index contributed by atoms with van der Waals surface area (Å²) in [5.74, 6) is 0. The summed E-state index contributed by atoms with van der Waals surface area (Å²) in [6.07, 6.45) is -1.22. The van der Waals surface area contributed by atoms with Crippen LogP contribution in [-0.4, -0.2) is 17.2 Å². The van der Waals surface area contributed by atoms with Crippen molar-refractivity contribution in [3.8, 4) is 0 Å². The predicted octanol–water partition coefficient (Wildman–Crippen LogP) is 2.38. The van der Waals surface area contributed by atoms with E-state index in [9.17, 15) is 5.11 Å². The maximum absolute atomic E-state index is 9.74. The van der Waals surface area contributed by atoms with Gasteiger partial charge in [-0.25, -0.2) is 0 Å². The molecular weight excluding hydrogens is 399 g/mol. The molecule has 0 radical (unpaired) electrons. The third kappa shape index (κ3) is 5.70. The molecule has 19 heavy (non-hydrogen) atoms. The van der Waals surface area contributed by atoms with Crippen LogP contribution in [0, 0.1) is 5.41 Å². The van der Waals surface area contributed by atoms with Crippen LogP contribution in [-0.2, 0) is 24.0 Å². The van der Waals surface area contributed by atoms with Gasteiger partial charge in [-0.05, 0) is 18.6 Å². The van der Waals surface area contributed by atoms with Crippen LogP contribution >= 0.6 is 34.2 Å². The maximum atomic E-state index is 9.74. The molecule has 0 aliphatic heterocycles. The zero-order valence-corrected chi connectivity index (χ0v) is 14.1. The highest BCUT2D eigenvalue weighted by atomic mass is 127. The lowest BCUT2D eigenvalue weighted by Gasteiger charge is -2.16. The Balaban J connectivity index is 2.57. The van der Waals surface area contributed by atoms with Gasteiger partial charge in [-0.3, -0.25) is 0 Å². The van der Waals surface area contributed by atoms with Crippen molar-refractivity contribution in [1.82, 2.24) is 5.32 Å². The molecule has 0 heterocycles. The highest BCUT2D eigenvalue weighted by molar-refractivity contribution is 14.1. The topological polar surface area (TPSA) is 65.3 Å². The Hall–Kier alpha value is -0.280. The van der Waals surface area contributed by atoms with Gasteiger partial charge in [0.2, 0.25) is 9.33 Å². The largest absolute Gasteiger partial charge is 0.351 e. The van der Waals surface area contributed by atoms with E-state index in [-0.39, 0.29) is 6.61 Å². The molecule has 0 amide bonds. The number of aliphatic hydroxyl groups is 1. The molecule has 0 bridgehead atoms. The van der Waals surface area contributed by atoms with E-state index in [1.54, 1.807) is 13.0 Å². The summed E-state index contributed by atoms with van der Waals surface area (Å²) in [6.45, 7) is 1.79. The van der Waals surface area contributed by atoms with E-state index < -0.39 is 6.41 Å². The number of hydrogen-bond acceptors (Lipinski definition) is 4. The SMILES string of the molecule is CC(=N)/C(NC(O)OCc1ccccc1Cl)=C(\[SH2+])I. The first-order chi connectivity index (χ1) is 8.91. The van der Waals surface area contributed by atoms with E-state index in [4.69, 9.17) is 21.7 Å². The van der Waals surface area contributed by atoms with Crippen molar-refractivity contribution in [3.05, 3.63) is 43.5 Å². The molecule has 4 nitrogen and oxygen atoms in total. The Morgan fingerprint density at radius 2 is 2.21 bits per heavy atom. The molecular formula is C12H15ClIN2O2S+. The van der Waals surface area contributed by atoms with Crippen LogP contribution in [0.2, 0.25) is 5.02 Å². The van der Waals surface area contributed by atoms with E-state index in [1.165, 1.54) is 0 Å². The summed E-state index contributed by atoms with van der Waals surface area (Å²) in [7, 11) is 0. The van der Waals surface area contributed by atoms with Gasteiger partial charge in [-0.1, -0.05) is 29.8 Å². The van der Waals surface area contributed by atoms with Gasteiger partial charge in [0, 0.05) is 40.2 Å². The summed E-state index contributed by atoms with van der Waals surface area (Å²) >= 11 is 11.3. The van der Waals surface area contributed by atoms with E-state index in [1.807, 2.05) is 40.8 Å². The second kappa shape index (κ2) is 8.11. The average Bonchev–Trinajstić information content (AvgIpc) is 2.34. The van der Waals surface area contributed by atoms with Crippen molar-refractivity contribution >= 4 is 52.5 Å². The number of hydrogen-bond donors (Lipinski definition) is 3. The molecule has 1 rings (SSSR count). The Bertz CT molecular complexity index is 492. The molecule has 1 aromatic rings. The summed E-state index contributed by atoms with van der Waals surface area (Å²) in [5, 5.41) is 20.6. The van der Waals surface area contributed by atoms with Crippen LogP contribution in [0.3, 0.4) is 0 Å². The molecule has 0 spiro atoms. The van der Waals surface area contributed by atoms with Crippen LogP contribution in [0.15, 0.2) is 32.9 Å². The molecule has 0 aromatic heterocycles. The number of halogens is 2. The molecule has 1 aromatic carbocycles. The summed E-state index contributed by atoms with van der Waals surface area (Å²) in [6, 6.07) is 7.25. The molecule has 0 aliphatic carbocycles. The standard InChI is InChI=1S/C12H14ClIN2O2S/c1-7(15)10(11(14)19)16-12(17)18-6-8-4-2-3-5-9(8)13/h2-5,12,15-17,19H,6H2,1H3/p+1/b11-10+,15-7?. The number of rotatable bonds is 6. The Morgan fingerprint density at radius 1 is 1.58 bits per heavy atom. The summed E-state index contributed by atoms with van der Waals surface area (Å²) < 4.78 is 5.93. The molecule has 0 aliphatic rings. The second-order valence-electron chi connectivity index (χ2n) is 3.71. The summed E-state index contributed by atoms with van der Waals surface area (Å²) in [4.78, 5) is 0. The number of benzene rings is 1. The lowest BCUT2D eigenvalue weighted by atomic mass is 10.2. The van der Waals surface area contributed by atoms with Crippen LogP contribution in [0.25, 0.3) is 0 Å². The lowest BCUT2D eigenvalue weighted by molar-refractivity contribution is -0.121. The van der Waals surface area contributed by atoms with Crippen LogP contribution < -0.4 is 5.32 Å². The number of nitrogens with one attached hydrogen (secondary N) is 2. The molecule has 1 atom stereocenters. The normalized spacial score (nSPS) is 13.7. The minimum atomic E-state index is -1.22. The maximum Gasteiger partial charge on any atom is 0.235 e. The van der Waals surface area contributed by atoms with Gasteiger partial charge >= 0.3 is 0 Å². The van der Waals surface area contributed by atoms with Gasteiger partial charge in [-0.2, -0.15) is 0 Å². The molecule has 3 N–H and O–H groups in total. The zero-order valence-electron chi connectivity index (χ0n) is 10.2. The zero-order chi connectivity index (χ0) is 14.4. The monoisotopic (exact) mass is 413 g/mol. The third-order valence-electron chi connectivity index (χ3n) is 2.22. The Morgan fingerprint density at radius 3 is 2.74 bits per heavy atom. The van der Waals surface area contributed by atoms with Crippen LogP contribution in [0.4, 0.5) is 0 Å². The van der Waals surface area contributed by atoms with Gasteiger partial charge < -0.3 is 20.6 Å². The van der Waals surface area contributed by atoms with Gasteiger partial charge in [0.15, 0.2) is 0 Å². The first-order valence-electron chi connectivity index (χ1n) is 5.38. The average molecular weight is 414 g/mol. The summed E-state index contributed by atoms with van der Waals surface area (Å²) in [5.41, 5.74) is 1.55. The highest BCUT2D eigenvalue weighted by Gasteiger charge is 2.13. The van der Waals surface area contributed by atoms with Crippen molar-refractivity contribution in [3.63, 3.8) is 0 Å². The van der Waals surface area contributed by atoms with Crippen molar-refractivity contribution in [2.45, 2.75) is 19.9 Å². The second-order valence-corrected chi connectivity index (χ2v) is 6.72.